The second kappa shape index (κ2) is 11.4. The Balaban J connectivity index is 1.61. The number of carbonyl (C=O) groups excluding carboxylic acids is 2. The van der Waals surface area contributed by atoms with Crippen molar-refractivity contribution in [1.82, 2.24) is 0 Å². The number of para-hydroxylation sites is 1. The van der Waals surface area contributed by atoms with Crippen molar-refractivity contribution in [2.45, 2.75) is 32.1 Å². The van der Waals surface area contributed by atoms with E-state index in [4.69, 9.17) is 0 Å². The highest BCUT2D eigenvalue weighted by atomic mass is 32.2. The molecule has 0 saturated carbocycles. The Kier molecular flexibility index (Phi) is 8.30. The molecule has 160 valence electrons. The van der Waals surface area contributed by atoms with E-state index in [-0.39, 0.29) is 22.8 Å². The van der Waals surface area contributed by atoms with E-state index in [1.165, 1.54) is 17.3 Å². The lowest BCUT2D eigenvalue weighted by molar-refractivity contribution is -0.118. The highest BCUT2D eigenvalue weighted by Gasteiger charge is 2.23. The number of nitrogens with zero attached hydrogens (tertiary/aromatic N) is 1. The number of nitrogens with one attached hydrogen (secondary N) is 1. The molecule has 5 heteroatoms. The molecule has 0 heterocycles. The van der Waals surface area contributed by atoms with Gasteiger partial charge in [0.2, 0.25) is 11.8 Å². The molecule has 0 aromatic heterocycles. The van der Waals surface area contributed by atoms with Crippen LogP contribution >= 0.6 is 11.8 Å². The maximum atomic E-state index is 13.3. The standard InChI is InChI=1S/C26H28N2O2S/c1-3-21-14-16-23(17-15-21)27-25(29)19-31-20(2)26(30)28(24-12-8-5-9-13-24)18-22-10-6-4-7-11-22/h4-17,20H,3,18-19H2,1-2H3,(H,27,29). The summed E-state index contributed by atoms with van der Waals surface area (Å²) >= 11 is 1.35. The number of thioether (sulfide) groups is 1. The van der Waals surface area contributed by atoms with Crippen LogP contribution in [0.5, 0.6) is 0 Å². The third-order valence-corrected chi connectivity index (χ3v) is 6.11. The molecule has 0 saturated heterocycles. The Morgan fingerprint density at radius 3 is 2.10 bits per heavy atom. The molecule has 0 fully saturated rings. The largest absolute Gasteiger partial charge is 0.325 e. The number of carbonyl (C=O) groups is 2. The lowest BCUT2D eigenvalue weighted by Crippen LogP contribution is -2.36. The van der Waals surface area contributed by atoms with Crippen LogP contribution in [0.1, 0.15) is 25.0 Å². The van der Waals surface area contributed by atoms with Crippen molar-refractivity contribution < 1.29 is 9.59 Å². The first-order chi connectivity index (χ1) is 15.1. The van der Waals surface area contributed by atoms with E-state index >= 15 is 0 Å². The molecule has 4 nitrogen and oxygen atoms in total. The minimum absolute atomic E-state index is 0.0137. The summed E-state index contributed by atoms with van der Waals surface area (Å²) in [7, 11) is 0. The van der Waals surface area contributed by atoms with Crippen molar-refractivity contribution in [3.05, 3.63) is 96.1 Å². The van der Waals surface area contributed by atoms with E-state index in [0.29, 0.717) is 6.54 Å². The second-order valence-electron chi connectivity index (χ2n) is 7.30. The molecule has 1 atom stereocenters. The molecule has 3 aromatic rings. The van der Waals surface area contributed by atoms with Gasteiger partial charge in [-0.2, -0.15) is 0 Å². The Labute approximate surface area is 188 Å². The number of hydrogen-bond donors (Lipinski definition) is 1. The Bertz CT molecular complexity index is 975. The number of aryl methyl sites for hydroxylation is 1. The van der Waals surface area contributed by atoms with Crippen molar-refractivity contribution >= 4 is 35.0 Å². The fourth-order valence-electron chi connectivity index (χ4n) is 3.18. The van der Waals surface area contributed by atoms with E-state index in [9.17, 15) is 9.59 Å². The zero-order chi connectivity index (χ0) is 22.1. The smallest absolute Gasteiger partial charge is 0.240 e. The third kappa shape index (κ3) is 6.72. The van der Waals surface area contributed by atoms with Crippen LogP contribution in [0.3, 0.4) is 0 Å². The van der Waals surface area contributed by atoms with Gasteiger partial charge < -0.3 is 10.2 Å². The van der Waals surface area contributed by atoms with E-state index in [2.05, 4.69) is 12.2 Å². The summed E-state index contributed by atoms with van der Waals surface area (Å²) in [6.45, 7) is 4.45. The van der Waals surface area contributed by atoms with E-state index in [1.807, 2.05) is 91.9 Å². The van der Waals surface area contributed by atoms with Gasteiger partial charge in [0.1, 0.15) is 0 Å². The molecule has 31 heavy (non-hydrogen) atoms. The maximum Gasteiger partial charge on any atom is 0.240 e. The SMILES string of the molecule is CCc1ccc(NC(=O)CSC(C)C(=O)N(Cc2ccccc2)c2ccccc2)cc1. The molecule has 0 bridgehead atoms. The molecular formula is C26H28N2O2S. The molecule has 1 unspecified atom stereocenters. The monoisotopic (exact) mass is 432 g/mol. The summed E-state index contributed by atoms with van der Waals surface area (Å²) in [6.07, 6.45) is 0.963. The maximum absolute atomic E-state index is 13.3. The number of amides is 2. The van der Waals surface area contributed by atoms with Gasteiger partial charge in [-0.05, 0) is 48.7 Å². The second-order valence-corrected chi connectivity index (χ2v) is 8.63. The van der Waals surface area contributed by atoms with Crippen molar-refractivity contribution in [1.29, 1.82) is 0 Å². The Morgan fingerprint density at radius 1 is 0.871 bits per heavy atom. The van der Waals surface area contributed by atoms with Crippen LogP contribution in [0.2, 0.25) is 0 Å². The summed E-state index contributed by atoms with van der Waals surface area (Å²) in [5.74, 6) is 0.0968. The molecule has 0 aliphatic carbocycles. The van der Waals surface area contributed by atoms with Gasteiger partial charge in [0, 0.05) is 11.4 Å². The van der Waals surface area contributed by atoms with Crippen LogP contribution in [0.4, 0.5) is 11.4 Å². The highest BCUT2D eigenvalue weighted by Crippen LogP contribution is 2.22. The van der Waals surface area contributed by atoms with Gasteiger partial charge >= 0.3 is 0 Å². The van der Waals surface area contributed by atoms with Crippen LogP contribution in [0, 0.1) is 0 Å². The van der Waals surface area contributed by atoms with Crippen LogP contribution in [-0.4, -0.2) is 22.8 Å². The fraction of sp³-hybridized carbons (Fsp3) is 0.231. The van der Waals surface area contributed by atoms with Crippen LogP contribution in [-0.2, 0) is 22.6 Å². The molecule has 0 spiro atoms. The van der Waals surface area contributed by atoms with Crippen LogP contribution in [0.25, 0.3) is 0 Å². The summed E-state index contributed by atoms with van der Waals surface area (Å²) in [6, 6.07) is 27.4. The summed E-state index contributed by atoms with van der Waals surface area (Å²) < 4.78 is 0. The molecule has 3 rings (SSSR count). The van der Waals surface area contributed by atoms with Crippen molar-refractivity contribution in [3.63, 3.8) is 0 Å². The van der Waals surface area contributed by atoms with Gasteiger partial charge in [-0.3, -0.25) is 9.59 Å². The number of hydrogen-bond acceptors (Lipinski definition) is 3. The van der Waals surface area contributed by atoms with Gasteiger partial charge in [0.05, 0.1) is 17.5 Å². The molecular weight excluding hydrogens is 404 g/mol. The predicted octanol–water partition coefficient (Wildman–Crippen LogP) is 5.54. The predicted molar refractivity (Wildman–Crippen MR) is 130 cm³/mol. The normalized spacial score (nSPS) is 11.5. The minimum Gasteiger partial charge on any atom is -0.325 e. The van der Waals surface area contributed by atoms with Gasteiger partial charge in [-0.25, -0.2) is 0 Å². The van der Waals surface area contributed by atoms with Crippen LogP contribution < -0.4 is 10.2 Å². The van der Waals surface area contributed by atoms with Gasteiger partial charge in [-0.1, -0.05) is 67.6 Å². The van der Waals surface area contributed by atoms with E-state index in [0.717, 1.165) is 23.4 Å². The Morgan fingerprint density at radius 2 is 1.48 bits per heavy atom. The van der Waals surface area contributed by atoms with Gasteiger partial charge in [-0.15, -0.1) is 11.8 Å². The zero-order valence-electron chi connectivity index (χ0n) is 18.0. The summed E-state index contributed by atoms with van der Waals surface area (Å²) in [5, 5.41) is 2.55. The topological polar surface area (TPSA) is 49.4 Å². The van der Waals surface area contributed by atoms with Crippen molar-refractivity contribution in [2.75, 3.05) is 16.0 Å². The van der Waals surface area contributed by atoms with E-state index < -0.39 is 0 Å². The number of rotatable bonds is 9. The summed E-state index contributed by atoms with van der Waals surface area (Å²) in [5.41, 5.74) is 3.91. The fourth-order valence-corrected chi connectivity index (χ4v) is 3.93. The van der Waals surface area contributed by atoms with Crippen LogP contribution in [0.15, 0.2) is 84.9 Å². The highest BCUT2D eigenvalue weighted by molar-refractivity contribution is 8.01. The molecule has 0 aliphatic heterocycles. The summed E-state index contributed by atoms with van der Waals surface area (Å²) in [4.78, 5) is 27.4. The minimum atomic E-state index is -0.350. The number of benzene rings is 3. The van der Waals surface area contributed by atoms with E-state index in [1.54, 1.807) is 4.90 Å². The molecule has 0 radical (unpaired) electrons. The number of anilines is 2. The lowest BCUT2D eigenvalue weighted by Gasteiger charge is -2.26. The van der Waals surface area contributed by atoms with Crippen molar-refractivity contribution in [2.24, 2.45) is 0 Å². The first kappa shape index (κ1) is 22.6. The molecule has 3 aromatic carbocycles. The van der Waals surface area contributed by atoms with Gasteiger partial charge in [0.15, 0.2) is 0 Å². The molecule has 2 amide bonds. The first-order valence-corrected chi connectivity index (χ1v) is 11.5. The molecule has 0 aliphatic rings. The van der Waals surface area contributed by atoms with Crippen molar-refractivity contribution in [3.8, 4) is 0 Å². The quantitative estimate of drug-likeness (QED) is 0.483. The zero-order valence-corrected chi connectivity index (χ0v) is 18.8. The van der Waals surface area contributed by atoms with Gasteiger partial charge in [0.25, 0.3) is 0 Å². The average Bonchev–Trinajstić information content (AvgIpc) is 2.82. The average molecular weight is 433 g/mol. The first-order valence-electron chi connectivity index (χ1n) is 10.5. The lowest BCUT2D eigenvalue weighted by atomic mass is 10.1. The molecule has 1 N–H and O–H groups in total. The third-order valence-electron chi connectivity index (χ3n) is 4.98. The Hall–Kier alpha value is -3.05.